The highest BCUT2D eigenvalue weighted by Gasteiger charge is 2.14. The van der Waals surface area contributed by atoms with E-state index in [1.165, 1.54) is 114 Å². The van der Waals surface area contributed by atoms with E-state index in [0.29, 0.717) is 0 Å². The molecule has 0 aliphatic carbocycles. The SMILES string of the molecule is CC.CC.CC.CC.CC.CC.Cc1cccc2c3c4ccccc4ccc3n(C)c12.Cc1cccc2c3cc4ccccc4cc3n(C)c12.Cc1cccc2c3ccc4ccccc4c3n(C)c12. The Bertz CT molecular complexity index is 3500. The van der Waals surface area contributed by atoms with Gasteiger partial charge in [0, 0.05) is 69.9 Å². The first-order chi connectivity index (χ1) is 33.8. The van der Waals surface area contributed by atoms with Gasteiger partial charge in [0.1, 0.15) is 0 Å². The summed E-state index contributed by atoms with van der Waals surface area (Å²) in [5, 5.41) is 16.0. The summed E-state index contributed by atoms with van der Waals surface area (Å²) in [6.07, 6.45) is 0. The third-order valence-corrected chi connectivity index (χ3v) is 12.3. The molecule has 0 unspecified atom stereocenters. The molecular weight excluding hydrogens is 835 g/mol. The van der Waals surface area contributed by atoms with Gasteiger partial charge in [0.05, 0.1) is 22.1 Å². The van der Waals surface area contributed by atoms with Gasteiger partial charge in [-0.3, -0.25) is 0 Å². The molecule has 0 amide bonds. The Hall–Kier alpha value is -6.84. The first-order valence-corrected chi connectivity index (χ1v) is 25.9. The molecule has 360 valence electrons. The fourth-order valence-corrected chi connectivity index (χ4v) is 9.68. The highest BCUT2D eigenvalue weighted by atomic mass is 14.9. The zero-order chi connectivity index (χ0) is 50.9. The number of hydrogen-bond donors (Lipinski definition) is 0. The van der Waals surface area contributed by atoms with Crippen LogP contribution in [0.4, 0.5) is 0 Å². The molecule has 0 N–H and O–H groups in total. The van der Waals surface area contributed by atoms with Crippen molar-refractivity contribution in [2.24, 2.45) is 21.1 Å². The molecule has 12 rings (SSSR count). The molecule has 3 aromatic heterocycles. The number of fused-ring (bicyclic) bond motifs is 14. The van der Waals surface area contributed by atoms with Crippen molar-refractivity contribution in [1.29, 1.82) is 0 Å². The lowest BCUT2D eigenvalue weighted by Gasteiger charge is -2.04. The molecule has 0 radical (unpaired) electrons. The van der Waals surface area contributed by atoms with E-state index in [4.69, 9.17) is 0 Å². The molecule has 0 saturated heterocycles. The van der Waals surface area contributed by atoms with E-state index in [-0.39, 0.29) is 0 Å². The lowest BCUT2D eigenvalue weighted by molar-refractivity contribution is 1.01. The summed E-state index contributed by atoms with van der Waals surface area (Å²) < 4.78 is 6.96. The highest BCUT2D eigenvalue weighted by Crippen LogP contribution is 2.37. The van der Waals surface area contributed by atoms with Crippen LogP contribution >= 0.6 is 0 Å². The Morgan fingerprint density at radius 3 is 1.16 bits per heavy atom. The van der Waals surface area contributed by atoms with Crippen molar-refractivity contribution >= 4 is 97.7 Å². The Balaban J connectivity index is 0.000000203. The molecule has 0 atom stereocenters. The summed E-state index contributed by atoms with van der Waals surface area (Å²) in [7, 11) is 6.49. The van der Waals surface area contributed by atoms with E-state index in [2.05, 4.69) is 219 Å². The van der Waals surface area contributed by atoms with Crippen LogP contribution < -0.4 is 0 Å². The summed E-state index contributed by atoms with van der Waals surface area (Å²) in [4.78, 5) is 0. The fraction of sp³-hybridized carbons (Fsp3) is 0.273. The predicted molar refractivity (Wildman–Crippen MR) is 316 cm³/mol. The lowest BCUT2D eigenvalue weighted by Crippen LogP contribution is -1.89. The number of benzene rings is 9. The van der Waals surface area contributed by atoms with Crippen LogP contribution in [0.1, 0.15) is 99.8 Å². The Morgan fingerprint density at radius 2 is 0.609 bits per heavy atom. The fourth-order valence-electron chi connectivity index (χ4n) is 9.68. The zero-order valence-electron chi connectivity index (χ0n) is 45.4. The normalized spacial score (nSPS) is 10.2. The van der Waals surface area contributed by atoms with Crippen LogP contribution in [-0.2, 0) is 21.1 Å². The number of aromatic nitrogens is 3. The average Bonchev–Trinajstić information content (AvgIpc) is 4.01. The molecule has 3 heterocycles. The van der Waals surface area contributed by atoms with Crippen molar-refractivity contribution in [2.45, 2.75) is 104 Å². The number of rotatable bonds is 0. The van der Waals surface area contributed by atoms with Gasteiger partial charge in [-0.25, -0.2) is 0 Å². The molecule has 69 heavy (non-hydrogen) atoms. The van der Waals surface area contributed by atoms with Gasteiger partial charge in [-0.15, -0.1) is 0 Å². The standard InChI is InChI=1S/3C18H15N.6C2H6/c1-12-6-5-9-15-16-10-13-7-3-4-8-14(13)11-17(16)19(2)18(12)15;1-12-6-5-9-15-17-14-8-4-3-7-13(14)10-11-16(17)19(2)18(12)15;1-12-6-5-9-15-16-11-10-13-7-3-4-8-14(13)18(16)19(2)17(12)15;6*1-2/h3*3-11H,1-2H3;6*1-2H3. The summed E-state index contributed by atoms with van der Waals surface area (Å²) >= 11 is 0. The molecule has 12 aromatic rings. The van der Waals surface area contributed by atoms with Crippen molar-refractivity contribution < 1.29 is 0 Å². The molecule has 0 fully saturated rings. The molecule has 0 saturated carbocycles. The second-order valence-electron chi connectivity index (χ2n) is 15.7. The Labute approximate surface area is 415 Å². The van der Waals surface area contributed by atoms with Crippen LogP contribution in [0, 0.1) is 20.8 Å². The van der Waals surface area contributed by atoms with E-state index in [1.807, 2.05) is 83.1 Å². The number of nitrogens with zero attached hydrogens (tertiary/aromatic N) is 3. The first kappa shape index (κ1) is 54.8. The minimum absolute atomic E-state index is 1.30. The predicted octanol–water partition coefficient (Wildman–Crippen LogP) is 20.5. The number of para-hydroxylation sites is 3. The molecule has 0 spiro atoms. The highest BCUT2D eigenvalue weighted by molar-refractivity contribution is 6.21. The Kier molecular flexibility index (Phi) is 20.7. The molecule has 3 nitrogen and oxygen atoms in total. The lowest BCUT2D eigenvalue weighted by atomic mass is 10.0. The van der Waals surface area contributed by atoms with Crippen LogP contribution in [0.25, 0.3) is 97.7 Å². The van der Waals surface area contributed by atoms with Crippen molar-refractivity contribution in [3.8, 4) is 0 Å². The van der Waals surface area contributed by atoms with Crippen LogP contribution in [-0.4, -0.2) is 13.7 Å². The summed E-state index contributed by atoms with van der Waals surface area (Å²) in [5.74, 6) is 0. The molecular formula is C66H81N3. The van der Waals surface area contributed by atoms with Crippen molar-refractivity contribution in [1.82, 2.24) is 13.7 Å². The van der Waals surface area contributed by atoms with Gasteiger partial charge in [0.25, 0.3) is 0 Å². The van der Waals surface area contributed by atoms with Gasteiger partial charge in [-0.05, 0) is 82.6 Å². The zero-order valence-corrected chi connectivity index (χ0v) is 45.4. The maximum Gasteiger partial charge on any atom is 0.0568 e. The quantitative estimate of drug-likeness (QED) is 0.144. The maximum absolute atomic E-state index is 2.34. The first-order valence-electron chi connectivity index (χ1n) is 25.9. The molecule has 0 bridgehead atoms. The van der Waals surface area contributed by atoms with Crippen LogP contribution in [0.3, 0.4) is 0 Å². The molecule has 9 aromatic carbocycles. The summed E-state index contributed by atoms with van der Waals surface area (Å²) in [6, 6.07) is 59.0. The maximum atomic E-state index is 2.34. The summed E-state index contributed by atoms with van der Waals surface area (Å²) in [6.45, 7) is 30.5. The number of hydrogen-bond acceptors (Lipinski definition) is 0. The van der Waals surface area contributed by atoms with Crippen molar-refractivity contribution in [3.63, 3.8) is 0 Å². The number of aryl methyl sites for hydroxylation is 6. The second kappa shape index (κ2) is 26.1. The van der Waals surface area contributed by atoms with E-state index in [9.17, 15) is 0 Å². The third-order valence-electron chi connectivity index (χ3n) is 12.3. The van der Waals surface area contributed by atoms with Gasteiger partial charge in [-0.1, -0.05) is 229 Å². The molecule has 0 aliphatic rings. The smallest absolute Gasteiger partial charge is 0.0568 e. The van der Waals surface area contributed by atoms with E-state index in [0.717, 1.165) is 0 Å². The van der Waals surface area contributed by atoms with Crippen LogP contribution in [0.15, 0.2) is 164 Å². The minimum atomic E-state index is 1.30. The van der Waals surface area contributed by atoms with Crippen molar-refractivity contribution in [3.05, 3.63) is 180 Å². The molecule has 0 aliphatic heterocycles. The topological polar surface area (TPSA) is 14.8 Å². The van der Waals surface area contributed by atoms with Crippen molar-refractivity contribution in [2.75, 3.05) is 0 Å². The van der Waals surface area contributed by atoms with Gasteiger partial charge in [0.2, 0.25) is 0 Å². The van der Waals surface area contributed by atoms with Gasteiger partial charge in [0.15, 0.2) is 0 Å². The van der Waals surface area contributed by atoms with Gasteiger partial charge < -0.3 is 13.7 Å². The average molecular weight is 916 g/mol. The van der Waals surface area contributed by atoms with Crippen LogP contribution in [0.5, 0.6) is 0 Å². The summed E-state index contributed by atoms with van der Waals surface area (Å²) in [5.41, 5.74) is 12.0. The largest absolute Gasteiger partial charge is 0.343 e. The monoisotopic (exact) mass is 916 g/mol. The Morgan fingerprint density at radius 1 is 0.246 bits per heavy atom. The van der Waals surface area contributed by atoms with Gasteiger partial charge >= 0.3 is 0 Å². The van der Waals surface area contributed by atoms with E-state index < -0.39 is 0 Å². The second-order valence-corrected chi connectivity index (χ2v) is 15.7. The van der Waals surface area contributed by atoms with E-state index >= 15 is 0 Å². The third kappa shape index (κ3) is 10.6. The molecule has 3 heteroatoms. The van der Waals surface area contributed by atoms with Crippen LogP contribution in [0.2, 0.25) is 0 Å². The van der Waals surface area contributed by atoms with E-state index in [1.54, 1.807) is 0 Å². The minimum Gasteiger partial charge on any atom is -0.343 e. The van der Waals surface area contributed by atoms with Gasteiger partial charge in [-0.2, -0.15) is 0 Å².